The van der Waals surface area contributed by atoms with Crippen LogP contribution in [0.3, 0.4) is 0 Å². The average molecular weight is 636 g/mol. The Morgan fingerprint density at radius 3 is 2.24 bits per heavy atom. The van der Waals surface area contributed by atoms with Crippen LogP contribution in [-0.2, 0) is 25.8 Å². The lowest BCUT2D eigenvalue weighted by atomic mass is 9.84. The van der Waals surface area contributed by atoms with Crippen molar-refractivity contribution in [3.05, 3.63) is 65.9 Å². The fourth-order valence-corrected chi connectivity index (χ4v) is 5.05. The van der Waals surface area contributed by atoms with Gasteiger partial charge in [-0.05, 0) is 42.0 Å². The number of hydroxylamine groups is 1. The molecular weight excluding hydrogens is 590 g/mol. The maximum absolute atomic E-state index is 14.0. The Balaban J connectivity index is 1.96. The standard InChI is InChI=1S/C34H45N5O7/c1-20(2)17-25(31(41)38-29(33(43)35-6)34(3,4)5)28(37-30(40)24-13-9-11-21-12-10-16-36-27(21)24)32(42)39-46-19-22-14-15-23(44-7)18-26(22)45-8/h9-16,18,20,25,28-29H,17,19H2,1-8H3,(H,35,43)(H,37,40)(H,38,41)(H,39,42)/t25-,28+,29-/m1/s1. The van der Waals surface area contributed by atoms with E-state index in [0.717, 1.165) is 5.39 Å². The average Bonchev–Trinajstić information content (AvgIpc) is 3.03. The van der Waals surface area contributed by atoms with Crippen molar-refractivity contribution < 1.29 is 33.5 Å². The van der Waals surface area contributed by atoms with Gasteiger partial charge in [0, 0.05) is 30.3 Å². The zero-order valence-electron chi connectivity index (χ0n) is 27.7. The lowest BCUT2D eigenvalue weighted by Gasteiger charge is -2.33. The van der Waals surface area contributed by atoms with Crippen LogP contribution in [0.15, 0.2) is 54.7 Å². The fraction of sp³-hybridized carbons (Fsp3) is 0.441. The molecule has 0 aliphatic rings. The molecule has 3 aromatic rings. The number of rotatable bonds is 14. The Hall–Kier alpha value is -4.71. The number of nitrogens with one attached hydrogen (secondary N) is 4. The summed E-state index contributed by atoms with van der Waals surface area (Å²) in [6.45, 7) is 9.20. The number of nitrogens with zero attached hydrogens (tertiary/aromatic N) is 1. The van der Waals surface area contributed by atoms with Gasteiger partial charge in [0.15, 0.2) is 0 Å². The van der Waals surface area contributed by atoms with Gasteiger partial charge in [-0.25, -0.2) is 5.48 Å². The number of para-hydroxylation sites is 1. The maximum atomic E-state index is 14.0. The van der Waals surface area contributed by atoms with Gasteiger partial charge in [0.05, 0.1) is 31.2 Å². The number of ether oxygens (including phenoxy) is 2. The molecule has 3 atom stereocenters. The summed E-state index contributed by atoms with van der Waals surface area (Å²) in [7, 11) is 4.53. The highest BCUT2D eigenvalue weighted by Crippen LogP contribution is 2.26. The third kappa shape index (κ3) is 9.16. The molecule has 0 saturated heterocycles. The van der Waals surface area contributed by atoms with Crippen molar-refractivity contribution in [3.8, 4) is 11.5 Å². The largest absolute Gasteiger partial charge is 0.497 e. The number of likely N-dealkylation sites (N-methyl/N-ethyl adjacent to an activating group) is 1. The molecule has 0 spiro atoms. The molecule has 0 saturated carbocycles. The minimum Gasteiger partial charge on any atom is -0.497 e. The predicted molar refractivity (Wildman–Crippen MR) is 174 cm³/mol. The van der Waals surface area contributed by atoms with Crippen LogP contribution in [0.1, 0.15) is 57.0 Å². The van der Waals surface area contributed by atoms with Gasteiger partial charge in [0.25, 0.3) is 11.8 Å². The van der Waals surface area contributed by atoms with Gasteiger partial charge in [-0.1, -0.05) is 52.8 Å². The molecule has 4 amide bonds. The first-order valence-corrected chi connectivity index (χ1v) is 15.1. The van der Waals surface area contributed by atoms with E-state index >= 15 is 0 Å². The molecule has 0 radical (unpaired) electrons. The Bertz CT molecular complexity index is 1530. The van der Waals surface area contributed by atoms with E-state index in [4.69, 9.17) is 14.3 Å². The smallest absolute Gasteiger partial charge is 0.266 e. The minimum absolute atomic E-state index is 0.0558. The summed E-state index contributed by atoms with van der Waals surface area (Å²) in [6, 6.07) is 11.6. The second-order valence-electron chi connectivity index (χ2n) is 12.4. The fourth-order valence-electron chi connectivity index (χ4n) is 5.05. The van der Waals surface area contributed by atoms with Crippen LogP contribution in [0.5, 0.6) is 11.5 Å². The number of carbonyl (C=O) groups is 4. The number of hydrogen-bond acceptors (Lipinski definition) is 8. The lowest BCUT2D eigenvalue weighted by Crippen LogP contribution is -2.59. The van der Waals surface area contributed by atoms with E-state index in [-0.39, 0.29) is 30.4 Å². The van der Waals surface area contributed by atoms with E-state index in [1.807, 2.05) is 46.8 Å². The Morgan fingerprint density at radius 1 is 0.891 bits per heavy atom. The quantitative estimate of drug-likeness (QED) is 0.196. The molecule has 248 valence electrons. The van der Waals surface area contributed by atoms with Gasteiger partial charge in [0.1, 0.15) is 30.2 Å². The molecule has 1 aromatic heterocycles. The van der Waals surface area contributed by atoms with Gasteiger partial charge < -0.3 is 25.4 Å². The highest BCUT2D eigenvalue weighted by Gasteiger charge is 2.40. The van der Waals surface area contributed by atoms with Gasteiger partial charge in [-0.2, -0.15) is 0 Å². The second kappa shape index (κ2) is 16.0. The minimum atomic E-state index is -1.38. The molecule has 0 bridgehead atoms. The van der Waals surface area contributed by atoms with E-state index in [9.17, 15) is 19.2 Å². The molecule has 4 N–H and O–H groups in total. The molecule has 12 nitrogen and oxygen atoms in total. The summed E-state index contributed by atoms with van der Waals surface area (Å²) in [5, 5.41) is 8.95. The summed E-state index contributed by atoms with van der Waals surface area (Å²) in [5.41, 5.74) is 3.08. The van der Waals surface area contributed by atoms with Gasteiger partial charge in [0.2, 0.25) is 11.8 Å². The maximum Gasteiger partial charge on any atom is 0.266 e. The van der Waals surface area contributed by atoms with Crippen LogP contribution < -0.4 is 30.9 Å². The van der Waals surface area contributed by atoms with Crippen LogP contribution in [0.25, 0.3) is 10.9 Å². The van der Waals surface area contributed by atoms with Crippen molar-refractivity contribution in [2.24, 2.45) is 17.3 Å². The highest BCUT2D eigenvalue weighted by atomic mass is 16.7. The Labute approximate surface area is 269 Å². The second-order valence-corrected chi connectivity index (χ2v) is 12.4. The van der Waals surface area contributed by atoms with E-state index < -0.39 is 41.1 Å². The van der Waals surface area contributed by atoms with Crippen molar-refractivity contribution in [2.45, 2.75) is 59.7 Å². The van der Waals surface area contributed by atoms with Crippen molar-refractivity contribution in [3.63, 3.8) is 0 Å². The molecule has 2 aromatic carbocycles. The Kier molecular flexibility index (Phi) is 12.5. The third-order valence-electron chi connectivity index (χ3n) is 7.47. The number of carbonyl (C=O) groups excluding carboxylic acids is 4. The van der Waals surface area contributed by atoms with Crippen LogP contribution in [0.4, 0.5) is 0 Å². The van der Waals surface area contributed by atoms with Crippen LogP contribution >= 0.6 is 0 Å². The first kappa shape index (κ1) is 35.8. The van der Waals surface area contributed by atoms with E-state index in [1.165, 1.54) is 21.3 Å². The highest BCUT2D eigenvalue weighted by molar-refractivity contribution is 6.07. The third-order valence-corrected chi connectivity index (χ3v) is 7.47. The van der Waals surface area contributed by atoms with Gasteiger partial charge in [-0.3, -0.25) is 29.0 Å². The molecule has 0 fully saturated rings. The van der Waals surface area contributed by atoms with Gasteiger partial charge >= 0.3 is 0 Å². The van der Waals surface area contributed by atoms with Crippen molar-refractivity contribution >= 4 is 34.5 Å². The molecular formula is C34H45N5O7. The summed E-state index contributed by atoms with van der Waals surface area (Å²) in [6.07, 6.45) is 1.79. The van der Waals surface area contributed by atoms with Crippen molar-refractivity contribution in [1.82, 2.24) is 26.4 Å². The number of benzene rings is 2. The zero-order chi connectivity index (χ0) is 34.0. The van der Waals surface area contributed by atoms with Crippen molar-refractivity contribution in [1.29, 1.82) is 0 Å². The number of pyridine rings is 1. The number of amides is 4. The summed E-state index contributed by atoms with van der Waals surface area (Å²) >= 11 is 0. The molecule has 12 heteroatoms. The predicted octanol–water partition coefficient (Wildman–Crippen LogP) is 3.54. The van der Waals surface area contributed by atoms with E-state index in [0.29, 0.717) is 22.6 Å². The molecule has 0 aliphatic heterocycles. The number of methoxy groups -OCH3 is 2. The number of hydrogen-bond donors (Lipinski definition) is 4. The number of aromatic nitrogens is 1. The SMILES string of the molecule is CNC(=O)[C@@H](NC(=O)[C@H](CC(C)C)[C@H](NC(=O)c1cccc2cccnc12)C(=O)NOCc1ccc(OC)cc1OC)C(C)(C)C. The Morgan fingerprint density at radius 2 is 1.61 bits per heavy atom. The van der Waals surface area contributed by atoms with E-state index in [2.05, 4.69) is 26.4 Å². The normalized spacial score (nSPS) is 13.3. The molecule has 1 heterocycles. The monoisotopic (exact) mass is 635 g/mol. The summed E-state index contributed by atoms with van der Waals surface area (Å²) in [5.74, 6) is -2.34. The van der Waals surface area contributed by atoms with Crippen LogP contribution in [0.2, 0.25) is 0 Å². The first-order valence-electron chi connectivity index (χ1n) is 15.1. The molecule has 46 heavy (non-hydrogen) atoms. The zero-order valence-corrected chi connectivity index (χ0v) is 27.7. The number of fused-ring (bicyclic) bond motifs is 1. The van der Waals surface area contributed by atoms with Gasteiger partial charge in [-0.15, -0.1) is 0 Å². The molecule has 0 unspecified atom stereocenters. The molecule has 3 rings (SSSR count). The van der Waals surface area contributed by atoms with E-state index in [1.54, 1.807) is 42.6 Å². The van der Waals surface area contributed by atoms with Crippen molar-refractivity contribution in [2.75, 3.05) is 21.3 Å². The summed E-state index contributed by atoms with van der Waals surface area (Å²) < 4.78 is 10.7. The first-order chi connectivity index (χ1) is 21.8. The lowest BCUT2D eigenvalue weighted by molar-refractivity contribution is -0.142. The van der Waals surface area contributed by atoms with Crippen LogP contribution in [0, 0.1) is 17.3 Å². The summed E-state index contributed by atoms with van der Waals surface area (Å²) in [4.78, 5) is 64.3. The van der Waals surface area contributed by atoms with Crippen LogP contribution in [-0.4, -0.2) is 62.0 Å². The topological polar surface area (TPSA) is 157 Å². The molecule has 0 aliphatic carbocycles.